The highest BCUT2D eigenvalue weighted by molar-refractivity contribution is 7.10. The minimum Gasteiger partial charge on any atom is -0.354 e. The third-order valence-electron chi connectivity index (χ3n) is 3.92. The van der Waals surface area contributed by atoms with Gasteiger partial charge in [-0.05, 0) is 42.2 Å². The van der Waals surface area contributed by atoms with Crippen LogP contribution in [0.1, 0.15) is 30.3 Å². The van der Waals surface area contributed by atoms with E-state index < -0.39 is 0 Å². The molecule has 0 aliphatic heterocycles. The predicted molar refractivity (Wildman–Crippen MR) is 98.1 cm³/mol. The average Bonchev–Trinajstić information content (AvgIpc) is 3.05. The van der Waals surface area contributed by atoms with E-state index in [1.165, 1.54) is 5.56 Å². The zero-order valence-electron chi connectivity index (χ0n) is 13.6. The van der Waals surface area contributed by atoms with Gasteiger partial charge in [-0.1, -0.05) is 43.6 Å². The number of likely N-dealkylation sites (N-methyl/N-ethyl adjacent to an activating group) is 1. The maximum absolute atomic E-state index is 12.2. The highest BCUT2D eigenvalue weighted by Gasteiger charge is 2.19. The Balaban J connectivity index is 2.02. The van der Waals surface area contributed by atoms with E-state index in [-0.39, 0.29) is 11.9 Å². The smallest absolute Gasteiger partial charge is 0.225 e. The van der Waals surface area contributed by atoms with Crippen LogP contribution in [0.15, 0.2) is 41.8 Å². The molecular formula is C18H23ClN2OS. The second-order valence-corrected chi connectivity index (χ2v) is 6.82. The van der Waals surface area contributed by atoms with E-state index >= 15 is 0 Å². The van der Waals surface area contributed by atoms with Crippen molar-refractivity contribution in [3.8, 4) is 0 Å². The number of thiophene rings is 1. The fraction of sp³-hybridized carbons (Fsp3) is 0.389. The number of halogens is 1. The quantitative estimate of drug-likeness (QED) is 0.775. The molecule has 0 aliphatic carbocycles. The number of hydrogen-bond acceptors (Lipinski definition) is 3. The van der Waals surface area contributed by atoms with Crippen LogP contribution in [0.25, 0.3) is 0 Å². The van der Waals surface area contributed by atoms with Gasteiger partial charge in [0.05, 0.1) is 12.5 Å². The highest BCUT2D eigenvalue weighted by Crippen LogP contribution is 2.22. The minimum absolute atomic E-state index is 0.0681. The van der Waals surface area contributed by atoms with Crippen molar-refractivity contribution in [2.75, 3.05) is 19.6 Å². The van der Waals surface area contributed by atoms with Gasteiger partial charge in [-0.15, -0.1) is 11.3 Å². The number of hydrogen-bond donors (Lipinski definition) is 1. The molecule has 0 saturated carbocycles. The van der Waals surface area contributed by atoms with Crippen LogP contribution in [-0.4, -0.2) is 30.4 Å². The van der Waals surface area contributed by atoms with Gasteiger partial charge in [0.2, 0.25) is 5.91 Å². The van der Waals surface area contributed by atoms with E-state index in [0.717, 1.165) is 23.0 Å². The summed E-state index contributed by atoms with van der Waals surface area (Å²) in [4.78, 5) is 15.6. The SMILES string of the molecule is CCN(CC)C(CNC(=O)Cc1cccs1)c1ccc(Cl)cc1. The van der Waals surface area contributed by atoms with Gasteiger partial charge in [-0.25, -0.2) is 0 Å². The molecule has 0 fully saturated rings. The summed E-state index contributed by atoms with van der Waals surface area (Å²) in [6, 6.07) is 12.0. The second kappa shape index (κ2) is 9.06. The van der Waals surface area contributed by atoms with Gasteiger partial charge < -0.3 is 5.32 Å². The molecule has 1 heterocycles. The Labute approximate surface area is 147 Å². The lowest BCUT2D eigenvalue weighted by Crippen LogP contribution is -2.38. The molecule has 2 aromatic rings. The van der Waals surface area contributed by atoms with E-state index in [1.807, 2.05) is 41.8 Å². The number of benzene rings is 1. The molecule has 0 aliphatic rings. The standard InChI is InChI=1S/C18H23ClN2OS/c1-3-21(4-2)17(14-7-9-15(19)10-8-14)13-20-18(22)12-16-6-5-11-23-16/h5-11,17H,3-4,12-13H2,1-2H3,(H,20,22). The predicted octanol–water partition coefficient (Wildman–Crippen LogP) is 4.14. The Kier molecular flexibility index (Phi) is 7.09. The zero-order valence-corrected chi connectivity index (χ0v) is 15.2. The first-order valence-electron chi connectivity index (χ1n) is 7.92. The molecule has 1 amide bonds. The average molecular weight is 351 g/mol. The Morgan fingerprint density at radius 1 is 1.22 bits per heavy atom. The van der Waals surface area contributed by atoms with Gasteiger partial charge in [0.25, 0.3) is 0 Å². The summed E-state index contributed by atoms with van der Waals surface area (Å²) in [6.45, 7) is 6.75. The first-order valence-corrected chi connectivity index (χ1v) is 9.18. The topological polar surface area (TPSA) is 32.3 Å². The number of carbonyl (C=O) groups excluding carboxylic acids is 1. The second-order valence-electron chi connectivity index (χ2n) is 5.35. The Morgan fingerprint density at radius 3 is 2.48 bits per heavy atom. The Bertz CT molecular complexity index is 594. The molecule has 5 heteroatoms. The first kappa shape index (κ1) is 18.0. The number of carbonyl (C=O) groups is 1. The summed E-state index contributed by atoms with van der Waals surface area (Å²) in [5.41, 5.74) is 1.18. The molecule has 0 radical (unpaired) electrons. The molecule has 124 valence electrons. The van der Waals surface area contributed by atoms with Crippen molar-refractivity contribution in [1.29, 1.82) is 0 Å². The molecule has 1 aromatic heterocycles. The van der Waals surface area contributed by atoms with Crippen molar-refractivity contribution in [2.24, 2.45) is 0 Å². The molecule has 1 N–H and O–H groups in total. The van der Waals surface area contributed by atoms with Crippen LogP contribution in [-0.2, 0) is 11.2 Å². The minimum atomic E-state index is 0.0681. The van der Waals surface area contributed by atoms with Crippen molar-refractivity contribution < 1.29 is 4.79 Å². The molecule has 0 saturated heterocycles. The van der Waals surface area contributed by atoms with E-state index in [4.69, 9.17) is 11.6 Å². The van der Waals surface area contributed by atoms with Crippen LogP contribution >= 0.6 is 22.9 Å². The van der Waals surface area contributed by atoms with Gasteiger partial charge in [0, 0.05) is 16.4 Å². The van der Waals surface area contributed by atoms with Crippen molar-refractivity contribution in [1.82, 2.24) is 10.2 Å². The van der Waals surface area contributed by atoms with Gasteiger partial charge in [-0.2, -0.15) is 0 Å². The van der Waals surface area contributed by atoms with Crippen LogP contribution < -0.4 is 5.32 Å². The fourth-order valence-electron chi connectivity index (χ4n) is 2.65. The van der Waals surface area contributed by atoms with Crippen molar-refractivity contribution in [3.63, 3.8) is 0 Å². The summed E-state index contributed by atoms with van der Waals surface area (Å²) >= 11 is 7.60. The third-order valence-corrected chi connectivity index (χ3v) is 5.04. The Hall–Kier alpha value is -1.36. The molecular weight excluding hydrogens is 328 g/mol. The van der Waals surface area contributed by atoms with Crippen LogP contribution in [0.3, 0.4) is 0 Å². The molecule has 0 spiro atoms. The Morgan fingerprint density at radius 2 is 1.91 bits per heavy atom. The lowest BCUT2D eigenvalue weighted by molar-refractivity contribution is -0.120. The van der Waals surface area contributed by atoms with E-state index in [0.29, 0.717) is 13.0 Å². The molecule has 1 aromatic carbocycles. The van der Waals surface area contributed by atoms with Gasteiger partial charge in [0.1, 0.15) is 0 Å². The number of nitrogens with one attached hydrogen (secondary N) is 1. The maximum Gasteiger partial charge on any atom is 0.225 e. The fourth-order valence-corrected chi connectivity index (χ4v) is 3.48. The summed E-state index contributed by atoms with van der Waals surface area (Å²) in [5, 5.41) is 5.80. The van der Waals surface area contributed by atoms with E-state index in [1.54, 1.807) is 11.3 Å². The molecule has 3 nitrogen and oxygen atoms in total. The molecule has 2 rings (SSSR count). The normalized spacial score (nSPS) is 12.3. The van der Waals surface area contributed by atoms with Crippen molar-refractivity contribution >= 4 is 28.8 Å². The molecule has 23 heavy (non-hydrogen) atoms. The van der Waals surface area contributed by atoms with Crippen molar-refractivity contribution in [2.45, 2.75) is 26.3 Å². The lowest BCUT2D eigenvalue weighted by atomic mass is 10.0. The van der Waals surface area contributed by atoms with Crippen molar-refractivity contribution in [3.05, 3.63) is 57.2 Å². The van der Waals surface area contributed by atoms with E-state index in [2.05, 4.69) is 24.1 Å². The van der Waals surface area contributed by atoms with E-state index in [9.17, 15) is 4.79 Å². The lowest BCUT2D eigenvalue weighted by Gasteiger charge is -2.30. The third kappa shape index (κ3) is 5.34. The number of nitrogens with zero attached hydrogens (tertiary/aromatic N) is 1. The number of amides is 1. The molecule has 0 bridgehead atoms. The van der Waals surface area contributed by atoms with Crippen LogP contribution in [0.2, 0.25) is 5.02 Å². The maximum atomic E-state index is 12.2. The number of rotatable bonds is 8. The molecule has 1 atom stereocenters. The zero-order chi connectivity index (χ0) is 16.7. The first-order chi connectivity index (χ1) is 11.1. The monoisotopic (exact) mass is 350 g/mol. The van der Waals surface area contributed by atoms with Gasteiger partial charge >= 0.3 is 0 Å². The van der Waals surface area contributed by atoms with Crippen LogP contribution in [0.5, 0.6) is 0 Å². The van der Waals surface area contributed by atoms with Gasteiger partial charge in [0.15, 0.2) is 0 Å². The largest absolute Gasteiger partial charge is 0.354 e. The van der Waals surface area contributed by atoms with Crippen LogP contribution in [0.4, 0.5) is 0 Å². The van der Waals surface area contributed by atoms with Crippen LogP contribution in [0, 0.1) is 0 Å². The summed E-state index contributed by atoms with van der Waals surface area (Å²) < 4.78 is 0. The highest BCUT2D eigenvalue weighted by atomic mass is 35.5. The summed E-state index contributed by atoms with van der Waals surface area (Å²) in [6.07, 6.45) is 0.448. The summed E-state index contributed by atoms with van der Waals surface area (Å²) in [5.74, 6) is 0.0681. The van der Waals surface area contributed by atoms with Gasteiger partial charge in [-0.3, -0.25) is 9.69 Å². The molecule has 1 unspecified atom stereocenters. The summed E-state index contributed by atoms with van der Waals surface area (Å²) in [7, 11) is 0.